The summed E-state index contributed by atoms with van der Waals surface area (Å²) in [5.74, 6) is 1.36. The lowest BCUT2D eigenvalue weighted by Gasteiger charge is -2.03. The summed E-state index contributed by atoms with van der Waals surface area (Å²) in [5, 5.41) is 3.25. The molecular weight excluding hydrogens is 244 g/mol. The molecule has 0 saturated carbocycles. The van der Waals surface area contributed by atoms with Crippen molar-refractivity contribution in [2.45, 2.75) is 19.9 Å². The highest BCUT2D eigenvalue weighted by atomic mass is 16.6. The van der Waals surface area contributed by atoms with Gasteiger partial charge in [0.1, 0.15) is 17.8 Å². The van der Waals surface area contributed by atoms with Crippen LogP contribution in [0.25, 0.3) is 0 Å². The van der Waals surface area contributed by atoms with E-state index in [1.165, 1.54) is 0 Å². The van der Waals surface area contributed by atoms with E-state index < -0.39 is 0 Å². The first-order valence-electron chi connectivity index (χ1n) is 6.29. The van der Waals surface area contributed by atoms with Gasteiger partial charge in [0.05, 0.1) is 12.8 Å². The molecule has 5 heteroatoms. The van der Waals surface area contributed by atoms with Crippen molar-refractivity contribution >= 4 is 0 Å². The lowest BCUT2D eigenvalue weighted by Crippen LogP contribution is -2.13. The molecule has 0 unspecified atom stereocenters. The summed E-state index contributed by atoms with van der Waals surface area (Å²) in [6.07, 6.45) is 2.92. The molecule has 0 aliphatic rings. The van der Waals surface area contributed by atoms with E-state index in [1.54, 1.807) is 19.4 Å². The fourth-order valence-corrected chi connectivity index (χ4v) is 1.58. The Morgan fingerprint density at radius 3 is 2.95 bits per heavy atom. The lowest BCUT2D eigenvalue weighted by atomic mass is 10.3. The highest BCUT2D eigenvalue weighted by molar-refractivity contribution is 5.34. The Morgan fingerprint density at radius 2 is 2.16 bits per heavy atom. The van der Waals surface area contributed by atoms with Crippen molar-refractivity contribution in [1.29, 1.82) is 0 Å². The zero-order valence-corrected chi connectivity index (χ0v) is 11.2. The fraction of sp³-hybridized carbons (Fsp3) is 0.357. The van der Waals surface area contributed by atoms with Gasteiger partial charge in [-0.1, -0.05) is 13.0 Å². The zero-order chi connectivity index (χ0) is 13.5. The number of benzene rings is 1. The van der Waals surface area contributed by atoms with Gasteiger partial charge in [0.2, 0.25) is 0 Å². The average molecular weight is 262 g/mol. The molecule has 5 nitrogen and oxygen atoms in total. The van der Waals surface area contributed by atoms with Crippen LogP contribution in [0.4, 0.5) is 0 Å². The topological polar surface area (TPSA) is 56.5 Å². The quantitative estimate of drug-likeness (QED) is 0.777. The maximum Gasteiger partial charge on any atom is 0.399 e. The summed E-state index contributed by atoms with van der Waals surface area (Å²) in [7, 11) is 1.61. The van der Waals surface area contributed by atoms with E-state index in [0.29, 0.717) is 12.3 Å². The minimum Gasteiger partial charge on any atom is -0.497 e. The summed E-state index contributed by atoms with van der Waals surface area (Å²) in [5.41, 5.74) is 0.825. The number of nitrogens with zero attached hydrogens (tertiary/aromatic N) is 1. The van der Waals surface area contributed by atoms with Gasteiger partial charge in [-0.15, -0.1) is 0 Å². The molecule has 1 aromatic carbocycles. The van der Waals surface area contributed by atoms with Crippen LogP contribution in [0.3, 0.4) is 0 Å². The normalized spacial score (nSPS) is 10.4. The zero-order valence-electron chi connectivity index (χ0n) is 11.2. The molecule has 0 fully saturated rings. The smallest absolute Gasteiger partial charge is 0.399 e. The Bertz CT molecular complexity index is 511. The standard InChI is InChI=1S/C14H18N2O3/c1-3-7-15-9-11-10-18-14(16-11)19-13-6-4-5-12(8-13)17-2/h4-6,8,10,15H,3,7,9H2,1-2H3. The second-order valence-electron chi connectivity index (χ2n) is 4.06. The molecule has 0 atom stereocenters. The summed E-state index contributed by atoms with van der Waals surface area (Å²) in [4.78, 5) is 4.24. The minimum atomic E-state index is 0.238. The molecule has 2 rings (SSSR count). The number of oxazole rings is 1. The summed E-state index contributed by atoms with van der Waals surface area (Å²) < 4.78 is 15.9. The molecule has 0 saturated heterocycles. The van der Waals surface area contributed by atoms with Crippen molar-refractivity contribution in [2.24, 2.45) is 0 Å². The molecule has 0 spiro atoms. The molecule has 19 heavy (non-hydrogen) atoms. The number of rotatable bonds is 7. The van der Waals surface area contributed by atoms with Gasteiger partial charge < -0.3 is 19.2 Å². The Labute approximate surface area is 112 Å². The Kier molecular flexibility index (Phi) is 4.80. The van der Waals surface area contributed by atoms with Crippen molar-refractivity contribution in [3.05, 3.63) is 36.2 Å². The van der Waals surface area contributed by atoms with Crippen LogP contribution in [0.15, 0.2) is 34.9 Å². The van der Waals surface area contributed by atoms with E-state index in [4.69, 9.17) is 13.9 Å². The highest BCUT2D eigenvalue weighted by Gasteiger charge is 2.06. The van der Waals surface area contributed by atoms with Gasteiger partial charge in [-0.25, -0.2) is 0 Å². The van der Waals surface area contributed by atoms with E-state index >= 15 is 0 Å². The van der Waals surface area contributed by atoms with Crippen molar-refractivity contribution in [3.8, 4) is 17.6 Å². The van der Waals surface area contributed by atoms with Crippen LogP contribution < -0.4 is 14.8 Å². The molecule has 0 bridgehead atoms. The molecule has 0 aliphatic heterocycles. The monoisotopic (exact) mass is 262 g/mol. The van der Waals surface area contributed by atoms with Crippen LogP contribution in [0, 0.1) is 0 Å². The molecule has 0 amide bonds. The van der Waals surface area contributed by atoms with Gasteiger partial charge in [-0.3, -0.25) is 0 Å². The van der Waals surface area contributed by atoms with E-state index in [1.807, 2.05) is 18.2 Å². The second kappa shape index (κ2) is 6.80. The molecule has 1 aromatic heterocycles. The predicted octanol–water partition coefficient (Wildman–Crippen LogP) is 2.98. The SMILES string of the molecule is CCCNCc1coc(Oc2cccc(OC)c2)n1. The number of ether oxygens (including phenoxy) is 2. The molecule has 1 heterocycles. The van der Waals surface area contributed by atoms with E-state index in [0.717, 1.165) is 24.4 Å². The van der Waals surface area contributed by atoms with Crippen LogP contribution in [0.1, 0.15) is 19.0 Å². The van der Waals surface area contributed by atoms with Crippen LogP contribution in [0.2, 0.25) is 0 Å². The van der Waals surface area contributed by atoms with Gasteiger partial charge in [0.25, 0.3) is 0 Å². The average Bonchev–Trinajstić information content (AvgIpc) is 2.87. The third-order valence-electron chi connectivity index (χ3n) is 2.51. The predicted molar refractivity (Wildman–Crippen MR) is 71.6 cm³/mol. The fourth-order valence-electron chi connectivity index (χ4n) is 1.58. The molecule has 1 N–H and O–H groups in total. The Balaban J connectivity index is 1.95. The lowest BCUT2D eigenvalue weighted by molar-refractivity contribution is 0.328. The number of hydrogen-bond acceptors (Lipinski definition) is 5. The first-order valence-corrected chi connectivity index (χ1v) is 6.29. The van der Waals surface area contributed by atoms with Gasteiger partial charge in [-0.05, 0) is 25.1 Å². The van der Waals surface area contributed by atoms with E-state index in [9.17, 15) is 0 Å². The second-order valence-corrected chi connectivity index (χ2v) is 4.06. The van der Waals surface area contributed by atoms with Crippen LogP contribution in [-0.2, 0) is 6.54 Å². The summed E-state index contributed by atoms with van der Waals surface area (Å²) in [6, 6.07) is 7.30. The summed E-state index contributed by atoms with van der Waals surface area (Å²) in [6.45, 7) is 3.75. The molecule has 0 aliphatic carbocycles. The summed E-state index contributed by atoms with van der Waals surface area (Å²) >= 11 is 0. The van der Waals surface area contributed by atoms with E-state index in [-0.39, 0.29) is 6.08 Å². The maximum atomic E-state index is 5.52. The number of nitrogens with one attached hydrogen (secondary N) is 1. The third-order valence-corrected chi connectivity index (χ3v) is 2.51. The molecular formula is C14H18N2O3. The van der Waals surface area contributed by atoms with Crippen molar-refractivity contribution in [3.63, 3.8) is 0 Å². The van der Waals surface area contributed by atoms with Gasteiger partial charge in [0, 0.05) is 12.6 Å². The van der Waals surface area contributed by atoms with E-state index in [2.05, 4.69) is 17.2 Å². The van der Waals surface area contributed by atoms with Crippen LogP contribution in [-0.4, -0.2) is 18.6 Å². The van der Waals surface area contributed by atoms with Crippen LogP contribution in [0.5, 0.6) is 17.6 Å². The van der Waals surface area contributed by atoms with Crippen LogP contribution >= 0.6 is 0 Å². The molecule has 102 valence electrons. The molecule has 2 aromatic rings. The number of aromatic nitrogens is 1. The van der Waals surface area contributed by atoms with Gasteiger partial charge in [0.15, 0.2) is 0 Å². The van der Waals surface area contributed by atoms with Gasteiger partial charge >= 0.3 is 6.08 Å². The Morgan fingerprint density at radius 1 is 1.32 bits per heavy atom. The largest absolute Gasteiger partial charge is 0.497 e. The Hall–Kier alpha value is -2.01. The van der Waals surface area contributed by atoms with Crippen molar-refractivity contribution < 1.29 is 13.9 Å². The third kappa shape index (κ3) is 3.99. The van der Waals surface area contributed by atoms with Crippen molar-refractivity contribution in [2.75, 3.05) is 13.7 Å². The highest BCUT2D eigenvalue weighted by Crippen LogP contribution is 2.24. The minimum absolute atomic E-state index is 0.238. The first kappa shape index (κ1) is 13.4. The number of hydrogen-bond donors (Lipinski definition) is 1. The number of methoxy groups -OCH3 is 1. The van der Waals surface area contributed by atoms with Gasteiger partial charge in [-0.2, -0.15) is 4.98 Å². The first-order chi connectivity index (χ1) is 9.31. The van der Waals surface area contributed by atoms with Crippen molar-refractivity contribution in [1.82, 2.24) is 10.3 Å². The molecule has 0 radical (unpaired) electrons. The maximum absolute atomic E-state index is 5.52.